The fourth-order valence-corrected chi connectivity index (χ4v) is 1.98. The maximum atomic E-state index is 11.8. The largest absolute Gasteiger partial charge is 0.462 e. The number of nitrogens with two attached hydrogens (primary N) is 1. The number of hydrogen-bond donors (Lipinski definition) is 1. The van der Waals surface area contributed by atoms with Crippen molar-refractivity contribution >= 4 is 11.7 Å². The normalized spacial score (nSPS) is 10.5. The third kappa shape index (κ3) is 2.64. The number of hydrogen-bond acceptors (Lipinski definition) is 5. The van der Waals surface area contributed by atoms with Gasteiger partial charge in [-0.2, -0.15) is 0 Å². The van der Waals surface area contributed by atoms with Gasteiger partial charge in [0.05, 0.1) is 17.9 Å². The summed E-state index contributed by atoms with van der Waals surface area (Å²) in [5.74, 6) is 0.940. The van der Waals surface area contributed by atoms with Crippen molar-refractivity contribution in [3.63, 3.8) is 0 Å². The third-order valence-electron chi connectivity index (χ3n) is 2.88. The van der Waals surface area contributed by atoms with Gasteiger partial charge in [0.2, 0.25) is 0 Å². The molecule has 0 aromatic carbocycles. The SMILES string of the molecule is CCCc1nccn1-c1nccc(C(=O)OCC)c1N. The van der Waals surface area contributed by atoms with Crippen LogP contribution in [0.2, 0.25) is 0 Å². The van der Waals surface area contributed by atoms with E-state index < -0.39 is 5.97 Å². The predicted octanol–water partition coefficient (Wildman–Crippen LogP) is 1.98. The average Bonchev–Trinajstić information content (AvgIpc) is 2.88. The van der Waals surface area contributed by atoms with E-state index in [1.165, 1.54) is 0 Å². The highest BCUT2D eigenvalue weighted by molar-refractivity contribution is 5.96. The van der Waals surface area contributed by atoms with E-state index in [0.717, 1.165) is 18.7 Å². The summed E-state index contributed by atoms with van der Waals surface area (Å²) >= 11 is 0. The Morgan fingerprint density at radius 2 is 2.15 bits per heavy atom. The first-order valence-corrected chi connectivity index (χ1v) is 6.63. The zero-order valence-electron chi connectivity index (χ0n) is 11.7. The van der Waals surface area contributed by atoms with Gasteiger partial charge < -0.3 is 10.5 Å². The predicted molar refractivity (Wildman–Crippen MR) is 75.7 cm³/mol. The fraction of sp³-hybridized carbons (Fsp3) is 0.357. The first-order chi connectivity index (χ1) is 9.69. The van der Waals surface area contributed by atoms with Gasteiger partial charge in [-0.3, -0.25) is 4.57 Å². The van der Waals surface area contributed by atoms with Gasteiger partial charge >= 0.3 is 5.97 Å². The molecule has 0 atom stereocenters. The van der Waals surface area contributed by atoms with Crippen LogP contribution in [0.4, 0.5) is 5.69 Å². The van der Waals surface area contributed by atoms with Crippen molar-refractivity contribution in [3.8, 4) is 5.82 Å². The van der Waals surface area contributed by atoms with Gasteiger partial charge in [-0.1, -0.05) is 6.92 Å². The molecule has 0 saturated heterocycles. The number of nitrogen functional groups attached to an aromatic ring is 1. The van der Waals surface area contributed by atoms with Crippen LogP contribution < -0.4 is 5.73 Å². The molecule has 0 spiro atoms. The second kappa shape index (κ2) is 6.18. The number of rotatable bonds is 5. The molecule has 2 aromatic rings. The number of carbonyl (C=O) groups excluding carboxylic acids is 1. The van der Waals surface area contributed by atoms with Gasteiger partial charge in [0.1, 0.15) is 5.82 Å². The number of anilines is 1. The maximum Gasteiger partial charge on any atom is 0.340 e. The fourth-order valence-electron chi connectivity index (χ4n) is 1.98. The molecule has 0 saturated carbocycles. The Morgan fingerprint density at radius 1 is 1.35 bits per heavy atom. The Kier molecular flexibility index (Phi) is 4.34. The maximum absolute atomic E-state index is 11.8. The van der Waals surface area contributed by atoms with Gasteiger partial charge in [0, 0.05) is 25.0 Å². The Labute approximate surface area is 117 Å². The Morgan fingerprint density at radius 3 is 2.85 bits per heavy atom. The standard InChI is InChI=1S/C14H18N4O2/c1-3-5-11-16-8-9-18(11)13-12(15)10(6-7-17-13)14(19)20-4-2/h6-9H,3-5,15H2,1-2H3. The number of carbonyl (C=O) groups is 1. The summed E-state index contributed by atoms with van der Waals surface area (Å²) in [5, 5.41) is 0. The molecule has 6 nitrogen and oxygen atoms in total. The van der Waals surface area contributed by atoms with Gasteiger partial charge in [-0.15, -0.1) is 0 Å². The van der Waals surface area contributed by atoms with Gasteiger partial charge in [-0.25, -0.2) is 14.8 Å². The van der Waals surface area contributed by atoms with Crippen LogP contribution in [-0.2, 0) is 11.2 Å². The van der Waals surface area contributed by atoms with E-state index in [0.29, 0.717) is 23.7 Å². The quantitative estimate of drug-likeness (QED) is 0.843. The molecule has 2 N–H and O–H groups in total. The van der Waals surface area contributed by atoms with E-state index in [1.54, 1.807) is 31.6 Å². The number of pyridine rings is 1. The molecule has 2 rings (SSSR count). The van der Waals surface area contributed by atoms with Crippen LogP contribution in [0.3, 0.4) is 0 Å². The first-order valence-electron chi connectivity index (χ1n) is 6.63. The zero-order valence-corrected chi connectivity index (χ0v) is 11.7. The Balaban J connectivity index is 2.45. The zero-order chi connectivity index (χ0) is 14.5. The molecule has 2 aromatic heterocycles. The van der Waals surface area contributed by atoms with Crippen molar-refractivity contribution in [2.75, 3.05) is 12.3 Å². The summed E-state index contributed by atoms with van der Waals surface area (Å²) in [7, 11) is 0. The van der Waals surface area contributed by atoms with Crippen molar-refractivity contribution in [1.82, 2.24) is 14.5 Å². The van der Waals surface area contributed by atoms with Crippen LogP contribution in [0.25, 0.3) is 5.82 Å². The molecule has 0 bridgehead atoms. The molecule has 0 aliphatic rings. The molecule has 0 aliphatic heterocycles. The smallest absolute Gasteiger partial charge is 0.340 e. The topological polar surface area (TPSA) is 83.0 Å². The monoisotopic (exact) mass is 274 g/mol. The second-order valence-corrected chi connectivity index (χ2v) is 4.28. The number of esters is 1. The first kappa shape index (κ1) is 14.0. The summed E-state index contributed by atoms with van der Waals surface area (Å²) in [6, 6.07) is 1.56. The summed E-state index contributed by atoms with van der Waals surface area (Å²) in [5.41, 5.74) is 6.69. The van der Waals surface area contributed by atoms with Crippen LogP contribution in [0, 0.1) is 0 Å². The highest BCUT2D eigenvalue weighted by atomic mass is 16.5. The second-order valence-electron chi connectivity index (χ2n) is 4.28. The highest BCUT2D eigenvalue weighted by Gasteiger charge is 2.17. The van der Waals surface area contributed by atoms with Crippen molar-refractivity contribution in [2.24, 2.45) is 0 Å². The molecule has 106 valence electrons. The summed E-state index contributed by atoms with van der Waals surface area (Å²) < 4.78 is 6.79. The lowest BCUT2D eigenvalue weighted by Crippen LogP contribution is -2.13. The lowest BCUT2D eigenvalue weighted by Gasteiger charge is -2.11. The molecular formula is C14H18N4O2. The molecule has 0 aliphatic carbocycles. The van der Waals surface area contributed by atoms with Crippen molar-refractivity contribution in [2.45, 2.75) is 26.7 Å². The van der Waals surface area contributed by atoms with Crippen LogP contribution in [0.5, 0.6) is 0 Å². The molecular weight excluding hydrogens is 256 g/mol. The van der Waals surface area contributed by atoms with Crippen LogP contribution in [0.15, 0.2) is 24.7 Å². The minimum atomic E-state index is -0.439. The van der Waals surface area contributed by atoms with Gasteiger partial charge in [-0.05, 0) is 19.4 Å². The van der Waals surface area contributed by atoms with E-state index in [9.17, 15) is 4.79 Å². The molecule has 20 heavy (non-hydrogen) atoms. The minimum absolute atomic E-state index is 0.307. The van der Waals surface area contributed by atoms with Crippen molar-refractivity contribution in [3.05, 3.63) is 36.0 Å². The highest BCUT2D eigenvalue weighted by Crippen LogP contribution is 2.21. The number of nitrogens with zero attached hydrogens (tertiary/aromatic N) is 3. The molecule has 2 heterocycles. The van der Waals surface area contributed by atoms with Crippen LogP contribution in [0.1, 0.15) is 36.5 Å². The van der Waals surface area contributed by atoms with Crippen LogP contribution >= 0.6 is 0 Å². The lowest BCUT2D eigenvalue weighted by atomic mass is 10.2. The Hall–Kier alpha value is -2.37. The molecule has 0 unspecified atom stereocenters. The van der Waals surface area contributed by atoms with E-state index in [-0.39, 0.29) is 0 Å². The van der Waals surface area contributed by atoms with E-state index in [4.69, 9.17) is 10.5 Å². The van der Waals surface area contributed by atoms with Crippen molar-refractivity contribution in [1.29, 1.82) is 0 Å². The number of imidazole rings is 1. The minimum Gasteiger partial charge on any atom is -0.462 e. The lowest BCUT2D eigenvalue weighted by molar-refractivity contribution is 0.0527. The van der Waals surface area contributed by atoms with Gasteiger partial charge in [0.25, 0.3) is 0 Å². The summed E-state index contributed by atoms with van der Waals surface area (Å²) in [6.45, 7) is 4.14. The summed E-state index contributed by atoms with van der Waals surface area (Å²) in [4.78, 5) is 20.4. The summed E-state index contributed by atoms with van der Waals surface area (Å²) in [6.07, 6.45) is 6.82. The van der Waals surface area contributed by atoms with Crippen LogP contribution in [-0.4, -0.2) is 27.1 Å². The third-order valence-corrected chi connectivity index (χ3v) is 2.88. The van der Waals surface area contributed by atoms with Crippen molar-refractivity contribution < 1.29 is 9.53 Å². The number of aromatic nitrogens is 3. The van der Waals surface area contributed by atoms with E-state index >= 15 is 0 Å². The number of ether oxygens (including phenoxy) is 1. The molecule has 0 fully saturated rings. The molecule has 0 amide bonds. The average molecular weight is 274 g/mol. The Bertz CT molecular complexity index is 607. The molecule has 0 radical (unpaired) electrons. The molecule has 6 heteroatoms. The van der Waals surface area contributed by atoms with E-state index in [1.807, 2.05) is 4.57 Å². The van der Waals surface area contributed by atoms with Gasteiger partial charge in [0.15, 0.2) is 5.82 Å². The number of aryl methyl sites for hydroxylation is 1. The van der Waals surface area contributed by atoms with E-state index in [2.05, 4.69) is 16.9 Å².